The highest BCUT2D eigenvalue weighted by Gasteiger charge is 2.24. The number of nitriles is 1. The minimum atomic E-state index is 0.0326. The minimum Gasteiger partial charge on any atom is -0.370 e. The van der Waals surface area contributed by atoms with Gasteiger partial charge in [-0.3, -0.25) is 0 Å². The van der Waals surface area contributed by atoms with Crippen LogP contribution in [0.25, 0.3) is 5.57 Å². The van der Waals surface area contributed by atoms with Crippen molar-refractivity contribution in [3.63, 3.8) is 0 Å². The fourth-order valence-corrected chi connectivity index (χ4v) is 2.67. The van der Waals surface area contributed by atoms with Gasteiger partial charge in [0.2, 0.25) is 0 Å². The standard InChI is InChI=1S/C15H14N2/c1-17-10-12-7-6-11(9-16)8-14(12)13-4-2-3-5-15(13)17/h2-7,11H,8,10H2,1H3. The highest BCUT2D eigenvalue weighted by Crippen LogP contribution is 2.40. The molecule has 2 nitrogen and oxygen atoms in total. The molecule has 3 rings (SSSR count). The van der Waals surface area contributed by atoms with Gasteiger partial charge in [0.05, 0.1) is 12.0 Å². The number of hydrogen-bond acceptors (Lipinski definition) is 2. The quantitative estimate of drug-likeness (QED) is 0.674. The lowest BCUT2D eigenvalue weighted by molar-refractivity contribution is 0.825. The van der Waals surface area contributed by atoms with Crippen LogP contribution in [0.15, 0.2) is 42.0 Å². The molecule has 2 aliphatic rings. The van der Waals surface area contributed by atoms with Gasteiger partial charge in [0.25, 0.3) is 0 Å². The number of fused-ring (bicyclic) bond motifs is 2. The van der Waals surface area contributed by atoms with E-state index in [0.717, 1.165) is 13.0 Å². The van der Waals surface area contributed by atoms with Gasteiger partial charge in [-0.15, -0.1) is 0 Å². The van der Waals surface area contributed by atoms with E-state index in [1.807, 2.05) is 6.08 Å². The Hall–Kier alpha value is -2.01. The molecule has 1 aromatic rings. The van der Waals surface area contributed by atoms with E-state index < -0.39 is 0 Å². The maximum Gasteiger partial charge on any atom is 0.0701 e. The summed E-state index contributed by atoms with van der Waals surface area (Å²) >= 11 is 0. The van der Waals surface area contributed by atoms with Crippen molar-refractivity contribution in [3.05, 3.63) is 47.6 Å². The highest BCUT2D eigenvalue weighted by molar-refractivity contribution is 5.84. The fourth-order valence-electron chi connectivity index (χ4n) is 2.67. The molecular formula is C15H14N2. The SMILES string of the molecule is CN1CC2=C(CC(C#N)C=C2)c2ccccc21. The molecule has 1 heterocycles. The van der Waals surface area contributed by atoms with Crippen molar-refractivity contribution in [2.45, 2.75) is 6.42 Å². The smallest absolute Gasteiger partial charge is 0.0701 e. The van der Waals surface area contributed by atoms with Crippen LogP contribution in [0, 0.1) is 17.2 Å². The van der Waals surface area contributed by atoms with Gasteiger partial charge in [0, 0.05) is 24.8 Å². The first-order valence-electron chi connectivity index (χ1n) is 5.90. The monoisotopic (exact) mass is 222 g/mol. The molecule has 0 fully saturated rings. The first-order chi connectivity index (χ1) is 8.29. The first kappa shape index (κ1) is 10.2. The molecule has 1 aromatic carbocycles. The Balaban J connectivity index is 2.12. The zero-order chi connectivity index (χ0) is 11.8. The molecule has 1 aliphatic carbocycles. The second kappa shape index (κ2) is 3.78. The number of rotatable bonds is 0. The predicted molar refractivity (Wildman–Crippen MR) is 69.5 cm³/mol. The third-order valence-corrected chi connectivity index (χ3v) is 3.56. The van der Waals surface area contributed by atoms with E-state index in [-0.39, 0.29) is 5.92 Å². The molecule has 0 amide bonds. The van der Waals surface area contributed by atoms with E-state index in [0.29, 0.717) is 0 Å². The Morgan fingerprint density at radius 2 is 2.18 bits per heavy atom. The largest absolute Gasteiger partial charge is 0.370 e. The predicted octanol–water partition coefficient (Wildman–Crippen LogP) is 2.99. The Bertz CT molecular complexity index is 561. The van der Waals surface area contributed by atoms with Crippen LogP contribution in [0.3, 0.4) is 0 Å². The molecular weight excluding hydrogens is 208 g/mol. The van der Waals surface area contributed by atoms with Crippen molar-refractivity contribution in [1.29, 1.82) is 5.26 Å². The number of benzene rings is 1. The Morgan fingerprint density at radius 1 is 1.35 bits per heavy atom. The van der Waals surface area contributed by atoms with Crippen molar-refractivity contribution < 1.29 is 0 Å². The third-order valence-electron chi connectivity index (χ3n) is 3.56. The number of para-hydroxylation sites is 1. The van der Waals surface area contributed by atoms with Gasteiger partial charge in [-0.05, 0) is 23.6 Å². The van der Waals surface area contributed by atoms with E-state index in [1.54, 1.807) is 0 Å². The summed E-state index contributed by atoms with van der Waals surface area (Å²) in [7, 11) is 2.12. The molecule has 84 valence electrons. The zero-order valence-corrected chi connectivity index (χ0v) is 9.85. The van der Waals surface area contributed by atoms with E-state index in [9.17, 15) is 0 Å². The maximum absolute atomic E-state index is 9.05. The molecule has 1 atom stereocenters. The Labute approximate surface area is 101 Å². The van der Waals surface area contributed by atoms with Crippen LogP contribution in [-0.4, -0.2) is 13.6 Å². The summed E-state index contributed by atoms with van der Waals surface area (Å²) in [5.74, 6) is 0.0326. The lowest BCUT2D eigenvalue weighted by atomic mass is 9.83. The molecule has 0 aromatic heterocycles. The molecule has 0 saturated carbocycles. The van der Waals surface area contributed by atoms with Gasteiger partial charge in [-0.1, -0.05) is 30.4 Å². The van der Waals surface area contributed by atoms with Crippen LogP contribution in [0.4, 0.5) is 5.69 Å². The average Bonchev–Trinajstić information content (AvgIpc) is 2.39. The maximum atomic E-state index is 9.05. The van der Waals surface area contributed by atoms with Crippen LogP contribution >= 0.6 is 0 Å². The molecule has 0 bridgehead atoms. The molecule has 0 saturated heterocycles. The number of hydrogen-bond donors (Lipinski definition) is 0. The van der Waals surface area contributed by atoms with Crippen LogP contribution in [0.1, 0.15) is 12.0 Å². The van der Waals surface area contributed by atoms with E-state index in [4.69, 9.17) is 5.26 Å². The molecule has 17 heavy (non-hydrogen) atoms. The van der Waals surface area contributed by atoms with Crippen LogP contribution in [0.2, 0.25) is 0 Å². The minimum absolute atomic E-state index is 0.0326. The van der Waals surface area contributed by atoms with Crippen molar-refractivity contribution in [3.8, 4) is 6.07 Å². The molecule has 0 N–H and O–H groups in total. The normalized spacial score (nSPS) is 21.9. The van der Waals surface area contributed by atoms with Crippen molar-refractivity contribution in [1.82, 2.24) is 0 Å². The van der Waals surface area contributed by atoms with E-state index in [1.165, 1.54) is 22.4 Å². The molecule has 1 unspecified atom stereocenters. The first-order valence-corrected chi connectivity index (χ1v) is 5.90. The number of anilines is 1. The van der Waals surface area contributed by atoms with Crippen LogP contribution < -0.4 is 4.90 Å². The molecule has 0 radical (unpaired) electrons. The second-order valence-corrected chi connectivity index (χ2v) is 4.68. The van der Waals surface area contributed by atoms with E-state index >= 15 is 0 Å². The van der Waals surface area contributed by atoms with Gasteiger partial charge < -0.3 is 4.90 Å². The van der Waals surface area contributed by atoms with Gasteiger partial charge in [0.15, 0.2) is 0 Å². The van der Waals surface area contributed by atoms with Gasteiger partial charge in [-0.2, -0.15) is 5.26 Å². The van der Waals surface area contributed by atoms with Crippen molar-refractivity contribution in [2.24, 2.45) is 5.92 Å². The molecule has 0 spiro atoms. The molecule has 1 aliphatic heterocycles. The summed E-state index contributed by atoms with van der Waals surface area (Å²) in [6.07, 6.45) is 5.01. The average molecular weight is 222 g/mol. The van der Waals surface area contributed by atoms with Crippen molar-refractivity contribution >= 4 is 11.3 Å². The summed E-state index contributed by atoms with van der Waals surface area (Å²) < 4.78 is 0. The fraction of sp³-hybridized carbons (Fsp3) is 0.267. The van der Waals surface area contributed by atoms with Gasteiger partial charge >= 0.3 is 0 Å². The third kappa shape index (κ3) is 1.55. The topological polar surface area (TPSA) is 27.0 Å². The van der Waals surface area contributed by atoms with Crippen molar-refractivity contribution in [2.75, 3.05) is 18.5 Å². The van der Waals surface area contributed by atoms with Gasteiger partial charge in [0.1, 0.15) is 0 Å². The molecule has 2 heteroatoms. The second-order valence-electron chi connectivity index (χ2n) is 4.68. The Morgan fingerprint density at radius 3 is 3.00 bits per heavy atom. The van der Waals surface area contributed by atoms with Crippen LogP contribution in [-0.2, 0) is 0 Å². The summed E-state index contributed by atoms with van der Waals surface area (Å²) in [6.45, 7) is 0.945. The zero-order valence-electron chi connectivity index (χ0n) is 9.85. The Kier molecular flexibility index (Phi) is 2.26. The summed E-state index contributed by atoms with van der Waals surface area (Å²) in [5, 5.41) is 9.05. The van der Waals surface area contributed by atoms with E-state index in [2.05, 4.69) is 48.4 Å². The summed E-state index contributed by atoms with van der Waals surface area (Å²) in [5.41, 5.74) is 5.28. The van der Waals surface area contributed by atoms with Crippen LogP contribution in [0.5, 0.6) is 0 Å². The number of allylic oxidation sites excluding steroid dienone is 2. The number of nitrogens with zero attached hydrogens (tertiary/aromatic N) is 2. The summed E-state index contributed by atoms with van der Waals surface area (Å²) in [6, 6.07) is 10.8. The lowest BCUT2D eigenvalue weighted by Crippen LogP contribution is -2.26. The summed E-state index contributed by atoms with van der Waals surface area (Å²) in [4.78, 5) is 2.27. The van der Waals surface area contributed by atoms with Gasteiger partial charge in [-0.25, -0.2) is 0 Å². The lowest BCUT2D eigenvalue weighted by Gasteiger charge is -2.33. The highest BCUT2D eigenvalue weighted by atomic mass is 15.1. The number of likely N-dealkylation sites (N-methyl/N-ethyl adjacent to an activating group) is 1.